The first-order chi connectivity index (χ1) is 12.5. The highest BCUT2D eigenvalue weighted by Crippen LogP contribution is 2.27. The summed E-state index contributed by atoms with van der Waals surface area (Å²) in [6.45, 7) is 0.485. The third kappa shape index (κ3) is 4.47. The van der Waals surface area contributed by atoms with E-state index in [-0.39, 0.29) is 18.4 Å². The molecule has 3 N–H and O–H groups in total. The third-order valence-electron chi connectivity index (χ3n) is 3.77. The van der Waals surface area contributed by atoms with E-state index in [1.165, 1.54) is 6.07 Å². The molecular weight excluding hydrogens is 344 g/mol. The Morgan fingerprint density at radius 1 is 1.12 bits per heavy atom. The highest BCUT2D eigenvalue weighted by molar-refractivity contribution is 5.99. The van der Waals surface area contributed by atoms with Crippen molar-refractivity contribution in [3.8, 4) is 5.75 Å². The molecule has 2 amide bonds. The third-order valence-corrected chi connectivity index (χ3v) is 3.77. The van der Waals surface area contributed by atoms with E-state index in [0.29, 0.717) is 30.9 Å². The first-order valence-electron chi connectivity index (χ1n) is 8.02. The van der Waals surface area contributed by atoms with Gasteiger partial charge < -0.3 is 20.7 Å². The number of amides is 2. The number of nitrogens with one attached hydrogen (secondary N) is 3. The fourth-order valence-corrected chi connectivity index (χ4v) is 2.51. The van der Waals surface area contributed by atoms with Crippen molar-refractivity contribution in [3.05, 3.63) is 53.6 Å². The Morgan fingerprint density at radius 3 is 2.77 bits per heavy atom. The molecule has 1 aliphatic heterocycles. The van der Waals surface area contributed by atoms with Crippen LogP contribution in [0.3, 0.4) is 0 Å². The van der Waals surface area contributed by atoms with Crippen LogP contribution in [0.25, 0.3) is 0 Å². The molecule has 3 rings (SSSR count). The summed E-state index contributed by atoms with van der Waals surface area (Å²) in [4.78, 5) is 23.1. The van der Waals surface area contributed by atoms with Crippen molar-refractivity contribution in [2.45, 2.75) is 6.42 Å². The zero-order valence-electron chi connectivity index (χ0n) is 13.8. The number of carbonyl (C=O) groups excluding carboxylic acids is 2. The minimum absolute atomic E-state index is 0.0663. The SMILES string of the molecule is O=C(COc1ccc2c(c1)CC(=O)N2)NCCNc1ccc(F)c(F)c1. The maximum atomic E-state index is 13.1. The highest BCUT2D eigenvalue weighted by Gasteiger charge is 2.17. The molecule has 0 radical (unpaired) electrons. The molecule has 0 fully saturated rings. The maximum absolute atomic E-state index is 13.1. The van der Waals surface area contributed by atoms with Gasteiger partial charge >= 0.3 is 0 Å². The molecule has 26 heavy (non-hydrogen) atoms. The Balaban J connectivity index is 1.37. The molecule has 0 spiro atoms. The van der Waals surface area contributed by atoms with Gasteiger partial charge in [0, 0.05) is 24.5 Å². The van der Waals surface area contributed by atoms with Crippen LogP contribution in [0.2, 0.25) is 0 Å². The van der Waals surface area contributed by atoms with Crippen LogP contribution in [0.4, 0.5) is 20.2 Å². The number of hydrogen-bond acceptors (Lipinski definition) is 4. The molecule has 0 atom stereocenters. The number of anilines is 2. The standard InChI is InChI=1S/C18H17F2N3O3/c19-14-3-1-12(9-15(14)20)21-5-6-22-18(25)10-26-13-2-4-16-11(7-13)8-17(24)23-16/h1-4,7,9,21H,5-6,8,10H2,(H,22,25)(H,23,24). The quantitative estimate of drug-likeness (QED) is 0.660. The monoisotopic (exact) mass is 361 g/mol. The van der Waals surface area contributed by atoms with Gasteiger partial charge in [0.15, 0.2) is 18.2 Å². The summed E-state index contributed by atoms with van der Waals surface area (Å²) in [7, 11) is 0. The predicted molar refractivity (Wildman–Crippen MR) is 92.1 cm³/mol. The van der Waals surface area contributed by atoms with Crippen molar-refractivity contribution in [3.63, 3.8) is 0 Å². The Hall–Kier alpha value is -3.16. The van der Waals surface area contributed by atoms with E-state index in [1.54, 1.807) is 18.2 Å². The Morgan fingerprint density at radius 2 is 1.96 bits per heavy atom. The lowest BCUT2D eigenvalue weighted by atomic mass is 10.1. The van der Waals surface area contributed by atoms with Gasteiger partial charge in [-0.15, -0.1) is 0 Å². The summed E-state index contributed by atoms with van der Waals surface area (Å²) in [6, 6.07) is 8.64. The second-order valence-corrected chi connectivity index (χ2v) is 5.74. The van der Waals surface area contributed by atoms with Crippen LogP contribution < -0.4 is 20.7 Å². The summed E-state index contributed by atoms with van der Waals surface area (Å²) >= 11 is 0. The lowest BCUT2D eigenvalue weighted by Crippen LogP contribution is -2.32. The smallest absolute Gasteiger partial charge is 0.258 e. The zero-order chi connectivity index (χ0) is 18.5. The maximum Gasteiger partial charge on any atom is 0.258 e. The Labute approximate surface area is 148 Å². The average molecular weight is 361 g/mol. The molecule has 0 unspecified atom stereocenters. The first kappa shape index (κ1) is 17.7. The van der Waals surface area contributed by atoms with Crippen molar-refractivity contribution >= 4 is 23.2 Å². The van der Waals surface area contributed by atoms with Crippen LogP contribution in [0.5, 0.6) is 5.75 Å². The predicted octanol–water partition coefficient (Wildman–Crippen LogP) is 2.07. The van der Waals surface area contributed by atoms with Gasteiger partial charge in [-0.25, -0.2) is 8.78 Å². The number of hydrogen-bond donors (Lipinski definition) is 3. The molecule has 136 valence electrons. The second kappa shape index (κ2) is 7.81. The number of ether oxygens (including phenoxy) is 1. The molecular formula is C18H17F2N3O3. The number of halogens is 2. The number of benzene rings is 2. The molecule has 0 saturated heterocycles. The van der Waals surface area contributed by atoms with E-state index < -0.39 is 11.6 Å². The Kier molecular flexibility index (Phi) is 5.31. The molecule has 0 saturated carbocycles. The Bertz CT molecular complexity index is 842. The van der Waals surface area contributed by atoms with Crippen LogP contribution in [-0.2, 0) is 16.0 Å². The number of fused-ring (bicyclic) bond motifs is 1. The van der Waals surface area contributed by atoms with E-state index in [4.69, 9.17) is 4.74 Å². The molecule has 1 heterocycles. The first-order valence-corrected chi connectivity index (χ1v) is 8.02. The number of rotatable bonds is 7. The minimum Gasteiger partial charge on any atom is -0.484 e. The fourth-order valence-electron chi connectivity index (χ4n) is 2.51. The fraction of sp³-hybridized carbons (Fsp3) is 0.222. The molecule has 0 bridgehead atoms. The summed E-state index contributed by atoms with van der Waals surface area (Å²) in [5.41, 5.74) is 2.02. The van der Waals surface area contributed by atoms with Crippen molar-refractivity contribution in [1.82, 2.24) is 5.32 Å². The summed E-state index contributed by atoms with van der Waals surface area (Å²) in [6.07, 6.45) is 0.300. The molecule has 2 aromatic rings. The van der Waals surface area contributed by atoms with Gasteiger partial charge in [0.1, 0.15) is 5.75 Å². The molecule has 6 nitrogen and oxygen atoms in total. The molecule has 8 heteroatoms. The van der Waals surface area contributed by atoms with Crippen molar-refractivity contribution in [1.29, 1.82) is 0 Å². The lowest BCUT2D eigenvalue weighted by molar-refractivity contribution is -0.123. The average Bonchev–Trinajstić information content (AvgIpc) is 2.99. The van der Waals surface area contributed by atoms with Gasteiger partial charge in [0.25, 0.3) is 5.91 Å². The second-order valence-electron chi connectivity index (χ2n) is 5.74. The summed E-state index contributed by atoms with van der Waals surface area (Å²) < 4.78 is 31.3. The molecule has 2 aromatic carbocycles. The summed E-state index contributed by atoms with van der Waals surface area (Å²) in [5.74, 6) is -1.71. The molecule has 0 aliphatic carbocycles. The summed E-state index contributed by atoms with van der Waals surface area (Å²) in [5, 5.41) is 8.24. The largest absolute Gasteiger partial charge is 0.484 e. The van der Waals surface area contributed by atoms with Crippen LogP contribution in [0.1, 0.15) is 5.56 Å². The van der Waals surface area contributed by atoms with Gasteiger partial charge in [-0.2, -0.15) is 0 Å². The van der Waals surface area contributed by atoms with Crippen LogP contribution in [0.15, 0.2) is 36.4 Å². The van der Waals surface area contributed by atoms with Gasteiger partial charge in [-0.1, -0.05) is 0 Å². The van der Waals surface area contributed by atoms with Gasteiger partial charge in [-0.3, -0.25) is 9.59 Å². The normalized spacial score (nSPS) is 12.3. The van der Waals surface area contributed by atoms with Gasteiger partial charge in [-0.05, 0) is 42.0 Å². The van der Waals surface area contributed by atoms with E-state index in [2.05, 4.69) is 16.0 Å². The van der Waals surface area contributed by atoms with Gasteiger partial charge in [0.05, 0.1) is 6.42 Å². The van der Waals surface area contributed by atoms with E-state index in [1.807, 2.05) is 0 Å². The molecule has 0 aromatic heterocycles. The van der Waals surface area contributed by atoms with Crippen LogP contribution in [-0.4, -0.2) is 31.5 Å². The van der Waals surface area contributed by atoms with Crippen LogP contribution in [0, 0.1) is 11.6 Å². The topological polar surface area (TPSA) is 79.5 Å². The zero-order valence-corrected chi connectivity index (χ0v) is 13.8. The van der Waals surface area contributed by atoms with E-state index in [9.17, 15) is 18.4 Å². The molecule has 1 aliphatic rings. The van der Waals surface area contributed by atoms with E-state index >= 15 is 0 Å². The van der Waals surface area contributed by atoms with Crippen molar-refractivity contribution in [2.24, 2.45) is 0 Å². The van der Waals surface area contributed by atoms with Crippen LogP contribution >= 0.6 is 0 Å². The van der Waals surface area contributed by atoms with Crippen molar-refractivity contribution < 1.29 is 23.1 Å². The van der Waals surface area contributed by atoms with Crippen molar-refractivity contribution in [2.75, 3.05) is 30.3 Å². The van der Waals surface area contributed by atoms with Gasteiger partial charge in [0.2, 0.25) is 5.91 Å². The lowest BCUT2D eigenvalue weighted by Gasteiger charge is -2.10. The number of carbonyl (C=O) groups is 2. The highest BCUT2D eigenvalue weighted by atomic mass is 19.2. The minimum atomic E-state index is -0.932. The van der Waals surface area contributed by atoms with E-state index in [0.717, 1.165) is 23.4 Å².